The highest BCUT2D eigenvalue weighted by molar-refractivity contribution is 5.44. The standard InChI is InChI=1S/C28H42O10/c1-16(10-17-6-8-21(35-2)23(13-17)37-4)11-19(12-18-7-9-22(36-3)24(14-18)38-5)25(31)27(33)28(34)26(32)20(30)15-29/h6-9,13-14,16,19-20,25-34H,10-12,15H2,1-5H3/t16?,19?,20-,25?,26+,27+,28-/m0/s1. The molecule has 0 aliphatic carbocycles. The molecule has 2 aromatic carbocycles. The molecule has 214 valence electrons. The van der Waals surface area contributed by atoms with Gasteiger partial charge >= 0.3 is 0 Å². The number of hydrogen-bond donors (Lipinski definition) is 6. The molecule has 10 heteroatoms. The lowest BCUT2D eigenvalue weighted by atomic mass is 9.80. The molecule has 38 heavy (non-hydrogen) atoms. The minimum absolute atomic E-state index is 0.0326. The van der Waals surface area contributed by atoms with Gasteiger partial charge in [-0.2, -0.15) is 0 Å². The third-order valence-corrected chi connectivity index (χ3v) is 6.80. The van der Waals surface area contributed by atoms with Crippen molar-refractivity contribution in [3.8, 4) is 23.0 Å². The molecule has 10 nitrogen and oxygen atoms in total. The third-order valence-electron chi connectivity index (χ3n) is 6.80. The summed E-state index contributed by atoms with van der Waals surface area (Å²) in [5, 5.41) is 61.2. The monoisotopic (exact) mass is 538 g/mol. The molecule has 6 N–H and O–H groups in total. The Morgan fingerprint density at radius 2 is 1.05 bits per heavy atom. The second-order valence-electron chi connectivity index (χ2n) is 9.60. The first-order valence-corrected chi connectivity index (χ1v) is 12.5. The number of aliphatic hydroxyl groups is 6. The van der Waals surface area contributed by atoms with Crippen LogP contribution in [0, 0.1) is 11.8 Å². The molecule has 0 radical (unpaired) electrons. The van der Waals surface area contributed by atoms with E-state index in [4.69, 9.17) is 24.1 Å². The van der Waals surface area contributed by atoms with Crippen molar-refractivity contribution < 1.29 is 49.6 Å². The van der Waals surface area contributed by atoms with Gasteiger partial charge in [0.05, 0.1) is 41.2 Å². The molecule has 0 amide bonds. The van der Waals surface area contributed by atoms with E-state index in [9.17, 15) is 25.5 Å². The summed E-state index contributed by atoms with van der Waals surface area (Å²) in [6.07, 6.45) is -7.19. The minimum atomic E-state index is -1.87. The largest absolute Gasteiger partial charge is 0.493 e. The van der Waals surface area contributed by atoms with Gasteiger partial charge in [0.15, 0.2) is 23.0 Å². The number of hydrogen-bond acceptors (Lipinski definition) is 10. The van der Waals surface area contributed by atoms with E-state index in [1.807, 2.05) is 31.2 Å². The van der Waals surface area contributed by atoms with Gasteiger partial charge < -0.3 is 49.6 Å². The van der Waals surface area contributed by atoms with Crippen LogP contribution >= 0.6 is 0 Å². The van der Waals surface area contributed by atoms with E-state index in [-0.39, 0.29) is 5.92 Å². The highest BCUT2D eigenvalue weighted by atomic mass is 16.5. The van der Waals surface area contributed by atoms with E-state index in [0.717, 1.165) is 11.1 Å². The fourth-order valence-corrected chi connectivity index (χ4v) is 4.68. The fourth-order valence-electron chi connectivity index (χ4n) is 4.68. The summed E-state index contributed by atoms with van der Waals surface area (Å²) in [7, 11) is 6.18. The predicted molar refractivity (Wildman–Crippen MR) is 141 cm³/mol. The van der Waals surface area contributed by atoms with Gasteiger partial charge in [0.25, 0.3) is 0 Å². The Kier molecular flexibility index (Phi) is 12.6. The summed E-state index contributed by atoms with van der Waals surface area (Å²) in [6.45, 7) is 1.21. The lowest BCUT2D eigenvalue weighted by molar-refractivity contribution is -0.149. The van der Waals surface area contributed by atoms with Crippen LogP contribution in [-0.2, 0) is 12.8 Å². The zero-order valence-corrected chi connectivity index (χ0v) is 22.7. The van der Waals surface area contributed by atoms with E-state index >= 15 is 0 Å². The summed E-state index contributed by atoms with van der Waals surface area (Å²) < 4.78 is 21.4. The Hall–Kier alpha value is -2.60. The molecule has 0 bridgehead atoms. The van der Waals surface area contributed by atoms with Crippen molar-refractivity contribution in [1.82, 2.24) is 0 Å². The highest BCUT2D eigenvalue weighted by Gasteiger charge is 2.38. The normalized spacial score (nSPS) is 17.0. The number of benzene rings is 2. The second kappa shape index (κ2) is 15.1. The van der Waals surface area contributed by atoms with Crippen LogP contribution in [0.1, 0.15) is 24.5 Å². The van der Waals surface area contributed by atoms with Crippen molar-refractivity contribution in [1.29, 1.82) is 0 Å². The molecule has 3 unspecified atom stereocenters. The van der Waals surface area contributed by atoms with E-state index in [1.54, 1.807) is 26.4 Å². The molecular weight excluding hydrogens is 496 g/mol. The first kappa shape index (κ1) is 31.6. The van der Waals surface area contributed by atoms with Gasteiger partial charge in [-0.15, -0.1) is 0 Å². The molecule has 2 rings (SSSR count). The molecule has 0 aliphatic heterocycles. The smallest absolute Gasteiger partial charge is 0.160 e. The Bertz CT molecular complexity index is 984. The molecule has 0 aliphatic rings. The molecule has 7 atom stereocenters. The number of methoxy groups -OCH3 is 4. The molecule has 0 heterocycles. The maximum Gasteiger partial charge on any atom is 0.160 e. The summed E-state index contributed by atoms with van der Waals surface area (Å²) in [5.74, 6) is 1.77. The third kappa shape index (κ3) is 8.20. The van der Waals surface area contributed by atoms with Gasteiger partial charge in [-0.05, 0) is 66.5 Å². The lowest BCUT2D eigenvalue weighted by Gasteiger charge is -2.34. The molecule has 2 aromatic rings. The van der Waals surface area contributed by atoms with E-state index in [1.165, 1.54) is 14.2 Å². The van der Waals surface area contributed by atoms with Crippen LogP contribution in [-0.4, -0.2) is 96.2 Å². The van der Waals surface area contributed by atoms with Crippen molar-refractivity contribution >= 4 is 0 Å². The summed E-state index contributed by atoms with van der Waals surface area (Å²) in [6, 6.07) is 11.0. The van der Waals surface area contributed by atoms with Crippen molar-refractivity contribution in [3.05, 3.63) is 47.5 Å². The van der Waals surface area contributed by atoms with Crippen LogP contribution in [0.4, 0.5) is 0 Å². The van der Waals surface area contributed by atoms with Crippen molar-refractivity contribution in [3.63, 3.8) is 0 Å². The summed E-state index contributed by atoms with van der Waals surface area (Å²) in [4.78, 5) is 0. The van der Waals surface area contributed by atoms with Gasteiger partial charge in [-0.25, -0.2) is 0 Å². The van der Waals surface area contributed by atoms with Crippen LogP contribution in [0.5, 0.6) is 23.0 Å². The van der Waals surface area contributed by atoms with Crippen LogP contribution in [0.15, 0.2) is 36.4 Å². The van der Waals surface area contributed by atoms with Crippen LogP contribution < -0.4 is 18.9 Å². The zero-order chi connectivity index (χ0) is 28.4. The second-order valence-corrected chi connectivity index (χ2v) is 9.60. The minimum Gasteiger partial charge on any atom is -0.493 e. The quantitative estimate of drug-likeness (QED) is 0.182. The fraction of sp³-hybridized carbons (Fsp3) is 0.571. The van der Waals surface area contributed by atoms with Crippen molar-refractivity contribution in [2.45, 2.75) is 56.7 Å². The average Bonchev–Trinajstić information content (AvgIpc) is 2.94. The van der Waals surface area contributed by atoms with E-state index in [0.29, 0.717) is 42.3 Å². The molecule has 0 saturated carbocycles. The van der Waals surface area contributed by atoms with Crippen LogP contribution in [0.3, 0.4) is 0 Å². The summed E-state index contributed by atoms with van der Waals surface area (Å²) in [5.41, 5.74) is 1.80. The Balaban J connectivity index is 2.29. The van der Waals surface area contributed by atoms with E-state index in [2.05, 4.69) is 0 Å². The average molecular weight is 539 g/mol. The number of rotatable bonds is 16. The van der Waals surface area contributed by atoms with Crippen molar-refractivity contribution in [2.24, 2.45) is 11.8 Å². The maximum atomic E-state index is 11.1. The molecule has 0 spiro atoms. The maximum absolute atomic E-state index is 11.1. The number of aliphatic hydroxyl groups excluding tert-OH is 6. The molecular formula is C28H42O10. The van der Waals surface area contributed by atoms with Gasteiger partial charge in [0, 0.05) is 0 Å². The topological polar surface area (TPSA) is 158 Å². The predicted octanol–water partition coefficient (Wildman–Crippen LogP) is 0.945. The lowest BCUT2D eigenvalue weighted by Crippen LogP contribution is -2.52. The van der Waals surface area contributed by atoms with Gasteiger partial charge in [0.2, 0.25) is 0 Å². The SMILES string of the molecule is COc1ccc(CC(C)CC(Cc2ccc(OC)c(OC)c2)C(O)[C@@H](O)[C@@H](O)[C@H](O)[C@@H](O)CO)cc1OC. The Morgan fingerprint density at radius 1 is 0.605 bits per heavy atom. The van der Waals surface area contributed by atoms with E-state index < -0.39 is 43.0 Å². The number of ether oxygens (including phenoxy) is 4. The van der Waals surface area contributed by atoms with Crippen LogP contribution in [0.25, 0.3) is 0 Å². The highest BCUT2D eigenvalue weighted by Crippen LogP contribution is 2.33. The van der Waals surface area contributed by atoms with Gasteiger partial charge in [0.1, 0.15) is 24.4 Å². The van der Waals surface area contributed by atoms with Crippen LogP contribution in [0.2, 0.25) is 0 Å². The molecule has 0 saturated heterocycles. The first-order chi connectivity index (χ1) is 18.1. The van der Waals surface area contributed by atoms with Gasteiger partial charge in [-0.1, -0.05) is 19.1 Å². The zero-order valence-electron chi connectivity index (χ0n) is 22.7. The molecule has 0 fully saturated rings. The van der Waals surface area contributed by atoms with Gasteiger partial charge in [-0.3, -0.25) is 0 Å². The van der Waals surface area contributed by atoms with Crippen molar-refractivity contribution in [2.75, 3.05) is 35.0 Å². The molecule has 0 aromatic heterocycles. The Labute approximate surface area is 224 Å². The first-order valence-electron chi connectivity index (χ1n) is 12.5. The Morgan fingerprint density at radius 3 is 1.50 bits per heavy atom. The summed E-state index contributed by atoms with van der Waals surface area (Å²) >= 11 is 0.